The molecule has 1 amide bonds. The molecule has 1 aromatic heterocycles. The van der Waals surface area contributed by atoms with Gasteiger partial charge in [0.05, 0.1) is 42.7 Å². The van der Waals surface area contributed by atoms with Crippen LogP contribution in [0.4, 0.5) is 5.69 Å². The standard InChI is InChI=1S/C20H18BrN3O5/c1-28-13-4-6-17(15(10-13)20(27)29-2)23-18(25)7-8-24-11-22-16-5-3-12(21)9-14(16)19(24)26/h3-6,9-11H,7-8H2,1-2H3,(H,23,25). The first-order valence-corrected chi connectivity index (χ1v) is 9.43. The minimum Gasteiger partial charge on any atom is -0.497 e. The van der Waals surface area contributed by atoms with Crippen LogP contribution in [0.25, 0.3) is 10.9 Å². The van der Waals surface area contributed by atoms with Crippen molar-refractivity contribution in [2.75, 3.05) is 19.5 Å². The molecule has 0 bridgehead atoms. The van der Waals surface area contributed by atoms with Crippen LogP contribution in [0, 0.1) is 0 Å². The third-order valence-corrected chi connectivity index (χ3v) is 4.77. The number of ether oxygens (including phenoxy) is 2. The van der Waals surface area contributed by atoms with Crippen molar-refractivity contribution < 1.29 is 19.1 Å². The zero-order valence-electron chi connectivity index (χ0n) is 15.8. The van der Waals surface area contributed by atoms with Gasteiger partial charge < -0.3 is 14.8 Å². The SMILES string of the molecule is COC(=O)c1cc(OC)ccc1NC(=O)CCn1cnc2ccc(Br)cc2c1=O. The van der Waals surface area contributed by atoms with Gasteiger partial charge in [0, 0.05) is 17.4 Å². The Hall–Kier alpha value is -3.20. The molecule has 0 fully saturated rings. The van der Waals surface area contributed by atoms with Crippen LogP contribution in [-0.2, 0) is 16.1 Å². The molecule has 0 spiro atoms. The fourth-order valence-corrected chi connectivity index (χ4v) is 3.12. The quantitative estimate of drug-likeness (QED) is 0.568. The number of hydrogen-bond donors (Lipinski definition) is 1. The molecule has 0 aliphatic rings. The van der Waals surface area contributed by atoms with Crippen molar-refractivity contribution in [3.05, 3.63) is 63.1 Å². The van der Waals surface area contributed by atoms with Crippen molar-refractivity contribution in [1.29, 1.82) is 0 Å². The Balaban J connectivity index is 1.75. The topological polar surface area (TPSA) is 99.5 Å². The van der Waals surface area contributed by atoms with E-state index in [-0.39, 0.29) is 30.0 Å². The van der Waals surface area contributed by atoms with E-state index in [1.54, 1.807) is 30.3 Å². The largest absolute Gasteiger partial charge is 0.497 e. The van der Waals surface area contributed by atoms with Crippen LogP contribution < -0.4 is 15.6 Å². The molecular formula is C20H18BrN3O5. The van der Waals surface area contributed by atoms with Crippen LogP contribution >= 0.6 is 15.9 Å². The van der Waals surface area contributed by atoms with Gasteiger partial charge >= 0.3 is 5.97 Å². The molecular weight excluding hydrogens is 442 g/mol. The van der Waals surface area contributed by atoms with Gasteiger partial charge in [-0.15, -0.1) is 0 Å². The van der Waals surface area contributed by atoms with E-state index in [9.17, 15) is 14.4 Å². The van der Waals surface area contributed by atoms with Crippen LogP contribution in [0.2, 0.25) is 0 Å². The van der Waals surface area contributed by atoms with E-state index >= 15 is 0 Å². The molecule has 0 radical (unpaired) electrons. The summed E-state index contributed by atoms with van der Waals surface area (Å²) in [5.41, 5.74) is 0.828. The molecule has 0 aliphatic heterocycles. The third-order valence-electron chi connectivity index (χ3n) is 4.27. The Morgan fingerprint density at radius 2 is 1.97 bits per heavy atom. The Kier molecular flexibility index (Phi) is 6.28. The molecule has 150 valence electrons. The van der Waals surface area contributed by atoms with Gasteiger partial charge in [0.25, 0.3) is 5.56 Å². The fourth-order valence-electron chi connectivity index (χ4n) is 2.76. The first-order chi connectivity index (χ1) is 13.9. The molecule has 0 saturated carbocycles. The van der Waals surface area contributed by atoms with Crippen LogP contribution in [0.3, 0.4) is 0 Å². The Morgan fingerprint density at radius 1 is 1.17 bits per heavy atom. The molecule has 2 aromatic carbocycles. The van der Waals surface area contributed by atoms with Crippen molar-refractivity contribution in [3.8, 4) is 5.75 Å². The van der Waals surface area contributed by atoms with Crippen LogP contribution in [0.1, 0.15) is 16.8 Å². The number of esters is 1. The number of fused-ring (bicyclic) bond motifs is 1. The van der Waals surface area contributed by atoms with Crippen molar-refractivity contribution in [2.45, 2.75) is 13.0 Å². The summed E-state index contributed by atoms with van der Waals surface area (Å²) in [6, 6.07) is 9.91. The molecule has 1 heterocycles. The maximum Gasteiger partial charge on any atom is 0.340 e. The third kappa shape index (κ3) is 4.62. The summed E-state index contributed by atoms with van der Waals surface area (Å²) in [6.45, 7) is 0.143. The summed E-state index contributed by atoms with van der Waals surface area (Å²) in [5, 5.41) is 3.14. The maximum atomic E-state index is 12.6. The number of hydrogen-bond acceptors (Lipinski definition) is 6. The summed E-state index contributed by atoms with van der Waals surface area (Å²) < 4.78 is 12.0. The van der Waals surface area contributed by atoms with E-state index in [1.165, 1.54) is 31.2 Å². The van der Waals surface area contributed by atoms with Crippen LogP contribution in [0.15, 0.2) is 52.0 Å². The smallest absolute Gasteiger partial charge is 0.340 e. The fraction of sp³-hybridized carbons (Fsp3) is 0.200. The lowest BCUT2D eigenvalue weighted by Gasteiger charge is -2.12. The molecule has 1 N–H and O–H groups in total. The van der Waals surface area contributed by atoms with E-state index in [1.807, 2.05) is 0 Å². The molecule has 3 aromatic rings. The first kappa shape index (κ1) is 20.5. The van der Waals surface area contributed by atoms with Gasteiger partial charge in [0.2, 0.25) is 5.91 Å². The highest BCUT2D eigenvalue weighted by Gasteiger charge is 2.16. The molecule has 29 heavy (non-hydrogen) atoms. The van der Waals surface area contributed by atoms with Gasteiger partial charge in [-0.3, -0.25) is 14.2 Å². The number of nitrogens with one attached hydrogen (secondary N) is 1. The lowest BCUT2D eigenvalue weighted by atomic mass is 10.1. The number of aromatic nitrogens is 2. The zero-order valence-corrected chi connectivity index (χ0v) is 17.4. The summed E-state index contributed by atoms with van der Waals surface area (Å²) in [6.07, 6.45) is 1.44. The van der Waals surface area contributed by atoms with Gasteiger partial charge in [0.15, 0.2) is 0 Å². The average molecular weight is 460 g/mol. The number of anilines is 1. The Bertz CT molecular complexity index is 1140. The second-order valence-electron chi connectivity index (χ2n) is 6.11. The summed E-state index contributed by atoms with van der Waals surface area (Å²) in [5.74, 6) is -0.496. The van der Waals surface area contributed by atoms with Crippen LogP contribution in [-0.4, -0.2) is 35.6 Å². The Labute approximate surface area is 174 Å². The number of nitrogens with zero attached hydrogens (tertiary/aromatic N) is 2. The number of amides is 1. The molecule has 8 nitrogen and oxygen atoms in total. The van der Waals surface area contributed by atoms with Gasteiger partial charge in [-0.1, -0.05) is 15.9 Å². The van der Waals surface area contributed by atoms with Crippen molar-refractivity contribution in [2.24, 2.45) is 0 Å². The minimum absolute atomic E-state index is 0.0216. The number of halogens is 1. The normalized spacial score (nSPS) is 10.6. The summed E-state index contributed by atoms with van der Waals surface area (Å²) in [4.78, 5) is 41.2. The summed E-state index contributed by atoms with van der Waals surface area (Å²) in [7, 11) is 2.73. The lowest BCUT2D eigenvalue weighted by molar-refractivity contribution is -0.116. The van der Waals surface area contributed by atoms with E-state index < -0.39 is 5.97 Å². The van der Waals surface area contributed by atoms with Gasteiger partial charge in [0.1, 0.15) is 5.75 Å². The number of benzene rings is 2. The monoisotopic (exact) mass is 459 g/mol. The molecule has 0 aliphatic carbocycles. The minimum atomic E-state index is -0.597. The number of rotatable bonds is 6. The maximum absolute atomic E-state index is 12.6. The highest BCUT2D eigenvalue weighted by molar-refractivity contribution is 9.10. The predicted molar refractivity (Wildman–Crippen MR) is 111 cm³/mol. The van der Waals surface area contributed by atoms with E-state index in [0.29, 0.717) is 22.3 Å². The van der Waals surface area contributed by atoms with Crippen molar-refractivity contribution >= 4 is 44.4 Å². The van der Waals surface area contributed by atoms with Gasteiger partial charge in [-0.2, -0.15) is 0 Å². The average Bonchev–Trinajstić information content (AvgIpc) is 2.73. The van der Waals surface area contributed by atoms with E-state index in [0.717, 1.165) is 4.47 Å². The lowest BCUT2D eigenvalue weighted by Crippen LogP contribution is -2.24. The van der Waals surface area contributed by atoms with Gasteiger partial charge in [-0.05, 0) is 36.4 Å². The highest BCUT2D eigenvalue weighted by Crippen LogP contribution is 2.23. The molecule has 3 rings (SSSR count). The number of methoxy groups -OCH3 is 2. The highest BCUT2D eigenvalue weighted by atomic mass is 79.9. The van der Waals surface area contributed by atoms with Crippen molar-refractivity contribution in [3.63, 3.8) is 0 Å². The van der Waals surface area contributed by atoms with E-state index in [2.05, 4.69) is 26.2 Å². The molecule has 0 atom stereocenters. The second-order valence-corrected chi connectivity index (χ2v) is 7.02. The second kappa shape index (κ2) is 8.87. The molecule has 9 heteroatoms. The first-order valence-electron chi connectivity index (χ1n) is 8.64. The molecule has 0 unspecified atom stereocenters. The zero-order chi connectivity index (χ0) is 21.0. The van der Waals surface area contributed by atoms with Crippen molar-refractivity contribution in [1.82, 2.24) is 9.55 Å². The predicted octanol–water partition coefficient (Wildman–Crippen LogP) is 2.98. The van der Waals surface area contributed by atoms with Crippen LogP contribution in [0.5, 0.6) is 5.75 Å². The number of carbonyl (C=O) groups excluding carboxylic acids is 2. The van der Waals surface area contributed by atoms with E-state index in [4.69, 9.17) is 9.47 Å². The summed E-state index contributed by atoms with van der Waals surface area (Å²) >= 11 is 3.34. The number of carbonyl (C=O) groups is 2. The van der Waals surface area contributed by atoms with Gasteiger partial charge in [-0.25, -0.2) is 9.78 Å². The molecule has 0 saturated heterocycles. The Morgan fingerprint density at radius 3 is 2.69 bits per heavy atom. The number of aryl methyl sites for hydroxylation is 1.